The van der Waals surface area contributed by atoms with Gasteiger partial charge in [-0.05, 0) is 25.7 Å². The van der Waals surface area contributed by atoms with E-state index in [9.17, 15) is 4.79 Å². The van der Waals surface area contributed by atoms with Gasteiger partial charge in [0.2, 0.25) is 0 Å². The van der Waals surface area contributed by atoms with Gasteiger partial charge in [0.1, 0.15) is 0 Å². The number of carbonyl (C=O) groups is 1. The second-order valence-electron chi connectivity index (χ2n) is 3.17. The number of hydrogen-bond acceptors (Lipinski definition) is 2. The molecule has 1 aliphatic rings. The van der Waals surface area contributed by atoms with Gasteiger partial charge in [-0.3, -0.25) is 0 Å². The first-order chi connectivity index (χ1) is 5.84. The van der Waals surface area contributed by atoms with Gasteiger partial charge in [0, 0.05) is 5.57 Å². The summed E-state index contributed by atoms with van der Waals surface area (Å²) in [5.74, 6) is -0.142. The Morgan fingerprint density at radius 3 is 2.83 bits per heavy atom. The molecule has 12 heavy (non-hydrogen) atoms. The zero-order valence-electron chi connectivity index (χ0n) is 7.64. The van der Waals surface area contributed by atoms with Crippen LogP contribution in [0.25, 0.3) is 0 Å². The molecule has 0 aliphatic heterocycles. The lowest BCUT2D eigenvalue weighted by Crippen LogP contribution is -2.05. The maximum atomic E-state index is 11.1. The predicted molar refractivity (Wildman–Crippen MR) is 47.8 cm³/mol. The molecular formula is C10H16O2. The van der Waals surface area contributed by atoms with Gasteiger partial charge in [0.15, 0.2) is 0 Å². The molecule has 0 fully saturated rings. The molecule has 0 N–H and O–H groups in total. The Hall–Kier alpha value is -0.790. The highest BCUT2D eigenvalue weighted by atomic mass is 16.5. The quantitative estimate of drug-likeness (QED) is 0.562. The normalized spacial score (nSPS) is 23.2. The van der Waals surface area contributed by atoms with Crippen LogP contribution < -0.4 is 0 Å². The van der Waals surface area contributed by atoms with Crippen LogP contribution in [0.5, 0.6) is 0 Å². The number of ether oxygens (including phenoxy) is 1. The summed E-state index contributed by atoms with van der Waals surface area (Å²) in [6, 6.07) is 0. The Morgan fingerprint density at radius 2 is 2.08 bits per heavy atom. The molecule has 0 saturated carbocycles. The molecule has 0 radical (unpaired) electrons. The van der Waals surface area contributed by atoms with Crippen molar-refractivity contribution in [1.29, 1.82) is 0 Å². The standard InChI is InChI=1S/C10H16O2/c1-12-10(11)9-7-5-3-2-4-6-8-9/h7H,2-6,8H2,1H3/b9-7+. The third kappa shape index (κ3) is 2.68. The van der Waals surface area contributed by atoms with Gasteiger partial charge in [-0.2, -0.15) is 0 Å². The fourth-order valence-corrected chi connectivity index (χ4v) is 1.51. The topological polar surface area (TPSA) is 26.3 Å². The van der Waals surface area contributed by atoms with Crippen LogP contribution in [0.2, 0.25) is 0 Å². The molecule has 0 spiro atoms. The van der Waals surface area contributed by atoms with E-state index in [1.165, 1.54) is 26.4 Å². The lowest BCUT2D eigenvalue weighted by molar-refractivity contribution is -0.136. The minimum atomic E-state index is -0.142. The molecule has 0 amide bonds. The number of hydrogen-bond donors (Lipinski definition) is 0. The summed E-state index contributed by atoms with van der Waals surface area (Å²) in [6.45, 7) is 0. The minimum Gasteiger partial charge on any atom is -0.466 e. The number of esters is 1. The molecule has 2 nitrogen and oxygen atoms in total. The van der Waals surface area contributed by atoms with Crippen molar-refractivity contribution in [2.45, 2.75) is 38.5 Å². The van der Waals surface area contributed by atoms with Crippen LogP contribution in [0.3, 0.4) is 0 Å². The third-order valence-corrected chi connectivity index (χ3v) is 2.24. The van der Waals surface area contributed by atoms with E-state index < -0.39 is 0 Å². The van der Waals surface area contributed by atoms with Gasteiger partial charge >= 0.3 is 5.97 Å². The van der Waals surface area contributed by atoms with E-state index in [4.69, 9.17) is 0 Å². The fraction of sp³-hybridized carbons (Fsp3) is 0.700. The van der Waals surface area contributed by atoms with E-state index in [0.29, 0.717) is 0 Å². The van der Waals surface area contributed by atoms with Crippen LogP contribution in [0, 0.1) is 0 Å². The van der Waals surface area contributed by atoms with E-state index in [0.717, 1.165) is 24.8 Å². The van der Waals surface area contributed by atoms with Crippen molar-refractivity contribution in [3.05, 3.63) is 11.6 Å². The highest BCUT2D eigenvalue weighted by molar-refractivity contribution is 5.88. The zero-order chi connectivity index (χ0) is 8.81. The number of allylic oxidation sites excluding steroid dienone is 1. The highest BCUT2D eigenvalue weighted by Crippen LogP contribution is 2.17. The molecule has 0 atom stereocenters. The molecule has 0 saturated heterocycles. The van der Waals surface area contributed by atoms with E-state index >= 15 is 0 Å². The summed E-state index contributed by atoms with van der Waals surface area (Å²) in [4.78, 5) is 11.1. The second kappa shape index (κ2) is 4.96. The number of rotatable bonds is 1. The Balaban J connectivity index is 2.52. The zero-order valence-corrected chi connectivity index (χ0v) is 7.64. The monoisotopic (exact) mass is 168 g/mol. The molecule has 1 aliphatic carbocycles. The van der Waals surface area contributed by atoms with Crippen LogP contribution in [-0.4, -0.2) is 13.1 Å². The lowest BCUT2D eigenvalue weighted by atomic mass is 10.0. The van der Waals surface area contributed by atoms with Gasteiger partial charge in [-0.15, -0.1) is 0 Å². The van der Waals surface area contributed by atoms with Crippen molar-refractivity contribution in [2.75, 3.05) is 7.11 Å². The van der Waals surface area contributed by atoms with E-state index in [2.05, 4.69) is 4.74 Å². The molecule has 68 valence electrons. The summed E-state index contributed by atoms with van der Waals surface area (Å²) >= 11 is 0. The Labute approximate surface area is 73.6 Å². The summed E-state index contributed by atoms with van der Waals surface area (Å²) in [6.07, 6.45) is 8.84. The van der Waals surface area contributed by atoms with Crippen molar-refractivity contribution in [1.82, 2.24) is 0 Å². The van der Waals surface area contributed by atoms with Crippen molar-refractivity contribution < 1.29 is 9.53 Å². The first-order valence-electron chi connectivity index (χ1n) is 4.62. The molecule has 0 heterocycles. The average molecular weight is 168 g/mol. The summed E-state index contributed by atoms with van der Waals surface area (Å²) < 4.78 is 4.68. The van der Waals surface area contributed by atoms with Gasteiger partial charge in [0.25, 0.3) is 0 Å². The summed E-state index contributed by atoms with van der Waals surface area (Å²) in [5, 5.41) is 0. The van der Waals surface area contributed by atoms with Crippen LogP contribution in [0.4, 0.5) is 0 Å². The molecule has 0 aromatic carbocycles. The third-order valence-electron chi connectivity index (χ3n) is 2.24. The molecule has 0 aromatic rings. The lowest BCUT2D eigenvalue weighted by Gasteiger charge is -2.08. The summed E-state index contributed by atoms with van der Waals surface area (Å²) in [7, 11) is 1.45. The average Bonchev–Trinajstić information content (AvgIpc) is 2.02. The minimum absolute atomic E-state index is 0.142. The first-order valence-corrected chi connectivity index (χ1v) is 4.62. The summed E-state index contributed by atoms with van der Waals surface area (Å²) in [5.41, 5.74) is 0.872. The molecule has 0 unspecified atom stereocenters. The smallest absolute Gasteiger partial charge is 0.333 e. The molecule has 2 heteroatoms. The number of methoxy groups -OCH3 is 1. The fourth-order valence-electron chi connectivity index (χ4n) is 1.51. The number of carbonyl (C=O) groups excluding carboxylic acids is 1. The van der Waals surface area contributed by atoms with E-state index in [-0.39, 0.29) is 5.97 Å². The van der Waals surface area contributed by atoms with Crippen LogP contribution in [0.1, 0.15) is 38.5 Å². The van der Waals surface area contributed by atoms with Crippen LogP contribution in [0.15, 0.2) is 11.6 Å². The van der Waals surface area contributed by atoms with Crippen LogP contribution >= 0.6 is 0 Å². The van der Waals surface area contributed by atoms with Gasteiger partial charge in [0.05, 0.1) is 7.11 Å². The van der Waals surface area contributed by atoms with Crippen molar-refractivity contribution in [2.24, 2.45) is 0 Å². The van der Waals surface area contributed by atoms with Gasteiger partial charge in [-0.1, -0.05) is 18.9 Å². The second-order valence-corrected chi connectivity index (χ2v) is 3.17. The van der Waals surface area contributed by atoms with Crippen molar-refractivity contribution in [3.8, 4) is 0 Å². The van der Waals surface area contributed by atoms with Crippen molar-refractivity contribution in [3.63, 3.8) is 0 Å². The molecule has 0 bridgehead atoms. The Bertz CT molecular complexity index is 182. The molecule has 1 rings (SSSR count). The van der Waals surface area contributed by atoms with Gasteiger partial charge < -0.3 is 4.74 Å². The van der Waals surface area contributed by atoms with E-state index in [1.54, 1.807) is 0 Å². The maximum Gasteiger partial charge on any atom is 0.333 e. The first kappa shape index (κ1) is 9.30. The molecule has 0 aromatic heterocycles. The van der Waals surface area contributed by atoms with Crippen molar-refractivity contribution >= 4 is 5.97 Å². The van der Waals surface area contributed by atoms with Gasteiger partial charge in [-0.25, -0.2) is 4.79 Å². The SMILES string of the molecule is COC(=O)/C1=C/CCCCCC1. The largest absolute Gasteiger partial charge is 0.466 e. The predicted octanol–water partition coefficient (Wildman–Crippen LogP) is 2.44. The molecular weight excluding hydrogens is 152 g/mol. The Morgan fingerprint density at radius 1 is 1.33 bits per heavy atom. The van der Waals surface area contributed by atoms with E-state index in [1.807, 2.05) is 6.08 Å². The van der Waals surface area contributed by atoms with Crippen LogP contribution in [-0.2, 0) is 9.53 Å². The Kier molecular flexibility index (Phi) is 3.85. The maximum absolute atomic E-state index is 11.1. The highest BCUT2D eigenvalue weighted by Gasteiger charge is 2.09.